The van der Waals surface area contributed by atoms with E-state index in [9.17, 15) is 4.79 Å². The number of hydrogen-bond donors (Lipinski definition) is 1. The smallest absolute Gasteiger partial charge is 0.251 e. The molecule has 3 aromatic carbocycles. The number of ether oxygens (including phenoxy) is 2. The van der Waals surface area contributed by atoms with Crippen molar-refractivity contribution in [3.05, 3.63) is 102 Å². The fraction of sp³-hybridized carbons (Fsp3) is 0.174. The van der Waals surface area contributed by atoms with Crippen molar-refractivity contribution in [3.63, 3.8) is 0 Å². The van der Waals surface area contributed by atoms with Crippen LogP contribution in [0.2, 0.25) is 0 Å². The van der Waals surface area contributed by atoms with Gasteiger partial charge in [0.2, 0.25) is 0 Å². The van der Waals surface area contributed by atoms with Gasteiger partial charge in [0, 0.05) is 12.1 Å². The van der Waals surface area contributed by atoms with E-state index in [0.717, 1.165) is 11.1 Å². The predicted octanol–water partition coefficient (Wildman–Crippen LogP) is 4.21. The third-order valence-corrected chi connectivity index (χ3v) is 3.99. The van der Waals surface area contributed by atoms with Crippen molar-refractivity contribution in [2.24, 2.45) is 0 Å². The second-order valence-corrected chi connectivity index (χ2v) is 6.10. The van der Waals surface area contributed by atoms with Crippen molar-refractivity contribution >= 4 is 5.91 Å². The summed E-state index contributed by atoms with van der Waals surface area (Å²) in [5, 5.41) is 2.87. The molecule has 1 amide bonds. The molecule has 0 atom stereocenters. The minimum absolute atomic E-state index is 0.136. The summed E-state index contributed by atoms with van der Waals surface area (Å²) in [5.74, 6) is 0.537. The minimum Gasteiger partial charge on any atom is -0.489 e. The van der Waals surface area contributed by atoms with Gasteiger partial charge in [-0.05, 0) is 29.3 Å². The summed E-state index contributed by atoms with van der Waals surface area (Å²) in [6, 6.07) is 27.1. The number of rotatable bonds is 9. The Kier molecular flexibility index (Phi) is 7.01. The molecular formula is C23H23NO3. The lowest BCUT2D eigenvalue weighted by atomic mass is 10.2. The maximum atomic E-state index is 12.3. The third kappa shape index (κ3) is 6.28. The van der Waals surface area contributed by atoms with Gasteiger partial charge in [-0.15, -0.1) is 0 Å². The minimum atomic E-state index is -0.136. The molecule has 0 saturated carbocycles. The monoisotopic (exact) mass is 361 g/mol. The van der Waals surface area contributed by atoms with E-state index in [1.165, 1.54) is 0 Å². The molecule has 1 N–H and O–H groups in total. The largest absolute Gasteiger partial charge is 0.489 e. The summed E-state index contributed by atoms with van der Waals surface area (Å²) in [6.07, 6.45) is 0. The summed E-state index contributed by atoms with van der Waals surface area (Å²) in [7, 11) is 0. The quantitative estimate of drug-likeness (QED) is 0.581. The number of carbonyl (C=O) groups is 1. The van der Waals surface area contributed by atoms with Gasteiger partial charge in [-0.2, -0.15) is 0 Å². The molecule has 0 bridgehead atoms. The van der Waals surface area contributed by atoms with Crippen LogP contribution in [-0.2, 0) is 18.0 Å². The maximum Gasteiger partial charge on any atom is 0.251 e. The van der Waals surface area contributed by atoms with Crippen LogP contribution in [0.25, 0.3) is 0 Å². The fourth-order valence-corrected chi connectivity index (χ4v) is 2.57. The summed E-state index contributed by atoms with van der Waals surface area (Å²) >= 11 is 0. The Balaban J connectivity index is 1.41. The summed E-state index contributed by atoms with van der Waals surface area (Å²) in [6.45, 7) is 1.93. The second-order valence-electron chi connectivity index (χ2n) is 6.10. The highest BCUT2D eigenvalue weighted by Crippen LogP contribution is 2.15. The highest BCUT2D eigenvalue weighted by molar-refractivity contribution is 5.94. The van der Waals surface area contributed by atoms with Crippen molar-refractivity contribution in [3.8, 4) is 5.75 Å². The van der Waals surface area contributed by atoms with Gasteiger partial charge in [0.25, 0.3) is 5.91 Å². The molecule has 3 aromatic rings. The van der Waals surface area contributed by atoms with Gasteiger partial charge in [-0.25, -0.2) is 0 Å². The molecule has 0 aromatic heterocycles. The van der Waals surface area contributed by atoms with Crippen LogP contribution in [0.3, 0.4) is 0 Å². The molecule has 4 nitrogen and oxygen atoms in total. The van der Waals surface area contributed by atoms with E-state index in [-0.39, 0.29) is 5.91 Å². The van der Waals surface area contributed by atoms with Crippen LogP contribution in [0.15, 0.2) is 84.9 Å². The average molecular weight is 361 g/mol. The van der Waals surface area contributed by atoms with Crippen LogP contribution >= 0.6 is 0 Å². The van der Waals surface area contributed by atoms with E-state index >= 15 is 0 Å². The molecule has 0 aliphatic rings. The molecular weight excluding hydrogens is 338 g/mol. The van der Waals surface area contributed by atoms with Crippen LogP contribution in [0, 0.1) is 0 Å². The number of benzene rings is 3. The Morgan fingerprint density at radius 1 is 0.778 bits per heavy atom. The van der Waals surface area contributed by atoms with Crippen molar-refractivity contribution in [1.29, 1.82) is 0 Å². The van der Waals surface area contributed by atoms with Gasteiger partial charge < -0.3 is 14.8 Å². The van der Waals surface area contributed by atoms with E-state index in [1.807, 2.05) is 72.8 Å². The van der Waals surface area contributed by atoms with Gasteiger partial charge in [0.15, 0.2) is 0 Å². The van der Waals surface area contributed by atoms with Gasteiger partial charge >= 0.3 is 0 Å². The van der Waals surface area contributed by atoms with E-state index in [1.54, 1.807) is 12.1 Å². The first-order valence-corrected chi connectivity index (χ1v) is 8.98. The van der Waals surface area contributed by atoms with E-state index in [4.69, 9.17) is 9.47 Å². The van der Waals surface area contributed by atoms with Gasteiger partial charge in [-0.3, -0.25) is 4.79 Å². The van der Waals surface area contributed by atoms with E-state index < -0.39 is 0 Å². The Bertz CT molecular complexity index is 835. The van der Waals surface area contributed by atoms with Crippen molar-refractivity contribution in [2.75, 3.05) is 13.2 Å². The van der Waals surface area contributed by atoms with Gasteiger partial charge in [0.1, 0.15) is 12.4 Å². The SMILES string of the molecule is O=C(NCCOCc1ccccc1)c1cccc(OCc2ccccc2)c1. The number of amides is 1. The molecule has 138 valence electrons. The number of nitrogens with one attached hydrogen (secondary N) is 1. The summed E-state index contributed by atoms with van der Waals surface area (Å²) in [5.41, 5.74) is 2.78. The number of carbonyl (C=O) groups excluding carboxylic acids is 1. The Labute approximate surface area is 159 Å². The lowest BCUT2D eigenvalue weighted by Gasteiger charge is -2.09. The standard InChI is InChI=1S/C23H23NO3/c25-23(24-14-15-26-17-19-8-3-1-4-9-19)21-12-7-13-22(16-21)27-18-20-10-5-2-6-11-20/h1-13,16H,14-15,17-18H2,(H,24,25). The molecule has 0 saturated heterocycles. The molecule has 0 aliphatic heterocycles. The highest BCUT2D eigenvalue weighted by atomic mass is 16.5. The molecule has 27 heavy (non-hydrogen) atoms. The Hall–Kier alpha value is -3.11. The molecule has 0 radical (unpaired) electrons. The Morgan fingerprint density at radius 3 is 2.15 bits per heavy atom. The topological polar surface area (TPSA) is 47.6 Å². The lowest BCUT2D eigenvalue weighted by Crippen LogP contribution is -2.27. The normalized spacial score (nSPS) is 10.4. The molecule has 0 heterocycles. The van der Waals surface area contributed by atoms with Gasteiger partial charge in [0.05, 0.1) is 13.2 Å². The summed E-state index contributed by atoms with van der Waals surface area (Å²) < 4.78 is 11.3. The first kappa shape index (κ1) is 18.7. The first-order chi connectivity index (χ1) is 13.3. The zero-order valence-corrected chi connectivity index (χ0v) is 15.1. The van der Waals surface area contributed by atoms with Crippen molar-refractivity contribution < 1.29 is 14.3 Å². The molecule has 0 fully saturated rings. The van der Waals surface area contributed by atoms with Crippen LogP contribution in [0.5, 0.6) is 5.75 Å². The third-order valence-electron chi connectivity index (χ3n) is 3.99. The van der Waals surface area contributed by atoms with Crippen LogP contribution in [-0.4, -0.2) is 19.1 Å². The highest BCUT2D eigenvalue weighted by Gasteiger charge is 2.06. The zero-order valence-electron chi connectivity index (χ0n) is 15.1. The second kappa shape index (κ2) is 10.1. The van der Waals surface area contributed by atoms with Crippen LogP contribution in [0.4, 0.5) is 0 Å². The van der Waals surface area contributed by atoms with Crippen LogP contribution in [0.1, 0.15) is 21.5 Å². The fourth-order valence-electron chi connectivity index (χ4n) is 2.57. The average Bonchev–Trinajstić information content (AvgIpc) is 2.73. The first-order valence-electron chi connectivity index (χ1n) is 8.98. The zero-order chi connectivity index (χ0) is 18.7. The molecule has 4 heteroatoms. The maximum absolute atomic E-state index is 12.3. The predicted molar refractivity (Wildman–Crippen MR) is 106 cm³/mol. The Morgan fingerprint density at radius 2 is 1.44 bits per heavy atom. The molecule has 0 aliphatic carbocycles. The van der Waals surface area contributed by atoms with Crippen molar-refractivity contribution in [1.82, 2.24) is 5.32 Å². The molecule has 0 spiro atoms. The number of hydrogen-bond acceptors (Lipinski definition) is 3. The van der Waals surface area contributed by atoms with E-state index in [2.05, 4.69) is 5.32 Å². The van der Waals surface area contributed by atoms with Crippen LogP contribution < -0.4 is 10.1 Å². The molecule has 3 rings (SSSR count). The molecule has 0 unspecified atom stereocenters. The summed E-state index contributed by atoms with van der Waals surface area (Å²) in [4.78, 5) is 12.3. The lowest BCUT2D eigenvalue weighted by molar-refractivity contribution is 0.0900. The van der Waals surface area contributed by atoms with Crippen molar-refractivity contribution in [2.45, 2.75) is 13.2 Å². The van der Waals surface area contributed by atoms with E-state index in [0.29, 0.717) is 37.7 Å². The van der Waals surface area contributed by atoms with Gasteiger partial charge in [-0.1, -0.05) is 66.7 Å².